The van der Waals surface area contributed by atoms with E-state index in [0.717, 1.165) is 5.56 Å². The van der Waals surface area contributed by atoms with Gasteiger partial charge in [0, 0.05) is 19.8 Å². The minimum Gasteiger partial charge on any atom is -0.392 e. The van der Waals surface area contributed by atoms with Gasteiger partial charge in [-0.3, -0.25) is 0 Å². The molecule has 0 aliphatic heterocycles. The number of nitrogens with zero attached hydrogens (tertiary/aromatic N) is 2. The van der Waals surface area contributed by atoms with Crippen LogP contribution in [0.25, 0.3) is 0 Å². The Morgan fingerprint density at radius 3 is 2.50 bits per heavy atom. The fourth-order valence-corrected chi connectivity index (χ4v) is 2.83. The molecule has 0 aliphatic rings. The normalized spacial score (nSPS) is 11.8. The van der Waals surface area contributed by atoms with Crippen LogP contribution in [0.1, 0.15) is 17.0 Å². The standard InChI is InChI=1S/C13H17N3O3S/c1-10-15-13(8-16(10)2)20(18,19)14-7-11-5-3-4-6-12(11)9-17/h3-6,8,14,17H,7,9H2,1-2H3. The van der Waals surface area contributed by atoms with Crippen molar-refractivity contribution in [1.82, 2.24) is 14.3 Å². The van der Waals surface area contributed by atoms with Crippen LogP contribution in [0.4, 0.5) is 0 Å². The van der Waals surface area contributed by atoms with E-state index in [0.29, 0.717) is 11.4 Å². The summed E-state index contributed by atoms with van der Waals surface area (Å²) in [7, 11) is -1.91. The van der Waals surface area contributed by atoms with Gasteiger partial charge in [0.2, 0.25) is 0 Å². The van der Waals surface area contributed by atoms with Gasteiger partial charge < -0.3 is 9.67 Å². The average molecular weight is 295 g/mol. The molecule has 2 rings (SSSR count). The number of hydrogen-bond acceptors (Lipinski definition) is 4. The maximum Gasteiger partial charge on any atom is 0.259 e. The highest BCUT2D eigenvalue weighted by molar-refractivity contribution is 7.89. The van der Waals surface area contributed by atoms with Gasteiger partial charge in [0.1, 0.15) is 5.82 Å². The first-order valence-electron chi connectivity index (χ1n) is 6.11. The molecule has 6 nitrogen and oxygen atoms in total. The van der Waals surface area contributed by atoms with Crippen LogP contribution in [0.5, 0.6) is 0 Å². The quantitative estimate of drug-likeness (QED) is 0.850. The lowest BCUT2D eigenvalue weighted by molar-refractivity contribution is 0.280. The lowest BCUT2D eigenvalue weighted by atomic mass is 10.1. The molecular weight excluding hydrogens is 278 g/mol. The molecule has 0 saturated heterocycles. The van der Waals surface area contributed by atoms with Crippen LogP contribution in [0, 0.1) is 6.92 Å². The Morgan fingerprint density at radius 2 is 1.95 bits per heavy atom. The van der Waals surface area contributed by atoms with Gasteiger partial charge in [-0.1, -0.05) is 24.3 Å². The molecule has 108 valence electrons. The van der Waals surface area contributed by atoms with Crippen LogP contribution in [-0.2, 0) is 30.2 Å². The van der Waals surface area contributed by atoms with Crippen LogP contribution in [-0.4, -0.2) is 23.1 Å². The first kappa shape index (κ1) is 14.7. The van der Waals surface area contributed by atoms with E-state index in [9.17, 15) is 13.5 Å². The minimum absolute atomic E-state index is 0.000945. The number of aliphatic hydroxyl groups excluding tert-OH is 1. The Hall–Kier alpha value is -1.70. The summed E-state index contributed by atoms with van der Waals surface area (Å²) in [4.78, 5) is 4.00. The molecule has 0 amide bonds. The maximum absolute atomic E-state index is 12.1. The first-order chi connectivity index (χ1) is 9.44. The molecule has 0 saturated carbocycles. The topological polar surface area (TPSA) is 84.2 Å². The number of benzene rings is 1. The molecule has 0 aliphatic carbocycles. The largest absolute Gasteiger partial charge is 0.392 e. The summed E-state index contributed by atoms with van der Waals surface area (Å²) in [5, 5.41) is 9.21. The van der Waals surface area contributed by atoms with E-state index < -0.39 is 10.0 Å². The van der Waals surface area contributed by atoms with Crippen LogP contribution < -0.4 is 4.72 Å². The Labute approximate surface area is 118 Å². The number of nitrogens with one attached hydrogen (secondary N) is 1. The molecule has 1 aromatic heterocycles. The molecule has 0 atom stereocenters. The highest BCUT2D eigenvalue weighted by Crippen LogP contribution is 2.11. The fourth-order valence-electron chi connectivity index (χ4n) is 1.79. The summed E-state index contributed by atoms with van der Waals surface area (Å²) in [6, 6.07) is 7.13. The summed E-state index contributed by atoms with van der Waals surface area (Å²) < 4.78 is 28.4. The van der Waals surface area contributed by atoms with Gasteiger partial charge in [-0.2, -0.15) is 0 Å². The zero-order valence-corrected chi connectivity index (χ0v) is 12.2. The summed E-state index contributed by atoms with van der Waals surface area (Å²) in [5.74, 6) is 0.626. The van der Waals surface area contributed by atoms with Crippen LogP contribution in [0.15, 0.2) is 35.5 Å². The van der Waals surface area contributed by atoms with Gasteiger partial charge in [-0.15, -0.1) is 0 Å². The molecule has 0 spiro atoms. The molecule has 0 unspecified atom stereocenters. The molecular formula is C13H17N3O3S. The SMILES string of the molecule is Cc1nc(S(=O)(=O)NCc2ccccc2CO)cn1C. The van der Waals surface area contributed by atoms with Crippen LogP contribution in [0.3, 0.4) is 0 Å². The third kappa shape index (κ3) is 3.06. The van der Waals surface area contributed by atoms with Crippen molar-refractivity contribution in [2.45, 2.75) is 25.1 Å². The highest BCUT2D eigenvalue weighted by Gasteiger charge is 2.18. The van der Waals surface area contributed by atoms with Crippen molar-refractivity contribution in [3.63, 3.8) is 0 Å². The van der Waals surface area contributed by atoms with Gasteiger partial charge in [-0.25, -0.2) is 18.1 Å². The van der Waals surface area contributed by atoms with Crippen molar-refractivity contribution in [2.24, 2.45) is 7.05 Å². The second-order valence-electron chi connectivity index (χ2n) is 4.49. The molecule has 0 radical (unpaired) electrons. The van der Waals surface area contributed by atoms with Crippen molar-refractivity contribution in [2.75, 3.05) is 0 Å². The first-order valence-corrected chi connectivity index (χ1v) is 7.59. The Morgan fingerprint density at radius 1 is 1.30 bits per heavy atom. The van der Waals surface area contributed by atoms with Crippen molar-refractivity contribution < 1.29 is 13.5 Å². The molecule has 0 bridgehead atoms. The van der Waals surface area contributed by atoms with Gasteiger partial charge in [0.05, 0.1) is 6.61 Å². The number of aromatic nitrogens is 2. The van der Waals surface area contributed by atoms with E-state index in [2.05, 4.69) is 9.71 Å². The van der Waals surface area contributed by atoms with Gasteiger partial charge >= 0.3 is 0 Å². The fraction of sp³-hybridized carbons (Fsp3) is 0.308. The number of rotatable bonds is 5. The second kappa shape index (κ2) is 5.74. The predicted molar refractivity (Wildman–Crippen MR) is 74.3 cm³/mol. The van der Waals surface area contributed by atoms with E-state index in [1.807, 2.05) is 0 Å². The van der Waals surface area contributed by atoms with Crippen molar-refractivity contribution in [1.29, 1.82) is 0 Å². The zero-order chi connectivity index (χ0) is 14.8. The van der Waals surface area contributed by atoms with Crippen LogP contribution >= 0.6 is 0 Å². The molecule has 0 fully saturated rings. The van der Waals surface area contributed by atoms with Gasteiger partial charge in [-0.05, 0) is 18.1 Å². The molecule has 20 heavy (non-hydrogen) atoms. The summed E-state index contributed by atoms with van der Waals surface area (Å²) in [5.41, 5.74) is 1.44. The number of sulfonamides is 1. The summed E-state index contributed by atoms with van der Waals surface area (Å²) in [6.07, 6.45) is 1.47. The van der Waals surface area contributed by atoms with Crippen molar-refractivity contribution in [3.8, 4) is 0 Å². The van der Waals surface area contributed by atoms with E-state index in [4.69, 9.17) is 0 Å². The average Bonchev–Trinajstić information content (AvgIpc) is 2.78. The molecule has 7 heteroatoms. The lowest BCUT2D eigenvalue weighted by Gasteiger charge is -2.08. The van der Waals surface area contributed by atoms with E-state index in [-0.39, 0.29) is 18.2 Å². The predicted octanol–water partition coefficient (Wildman–Crippen LogP) is 0.699. The van der Waals surface area contributed by atoms with Crippen molar-refractivity contribution >= 4 is 10.0 Å². The van der Waals surface area contributed by atoms with Crippen LogP contribution in [0.2, 0.25) is 0 Å². The van der Waals surface area contributed by atoms with E-state index in [1.165, 1.54) is 6.20 Å². The van der Waals surface area contributed by atoms with E-state index in [1.54, 1.807) is 42.8 Å². The second-order valence-corrected chi connectivity index (χ2v) is 6.20. The minimum atomic E-state index is -3.65. The molecule has 1 heterocycles. The third-order valence-corrected chi connectivity index (χ3v) is 4.37. The number of hydrogen-bond donors (Lipinski definition) is 2. The Balaban J connectivity index is 2.17. The smallest absolute Gasteiger partial charge is 0.259 e. The van der Waals surface area contributed by atoms with E-state index >= 15 is 0 Å². The van der Waals surface area contributed by atoms with Gasteiger partial charge in [0.15, 0.2) is 5.03 Å². The lowest BCUT2D eigenvalue weighted by Crippen LogP contribution is -2.24. The monoisotopic (exact) mass is 295 g/mol. The molecule has 1 aromatic carbocycles. The molecule has 2 aromatic rings. The highest BCUT2D eigenvalue weighted by atomic mass is 32.2. The third-order valence-electron chi connectivity index (χ3n) is 3.10. The zero-order valence-electron chi connectivity index (χ0n) is 11.4. The van der Waals surface area contributed by atoms with Crippen molar-refractivity contribution in [3.05, 3.63) is 47.4 Å². The Bertz CT molecular complexity index is 688. The number of imidazole rings is 1. The maximum atomic E-state index is 12.1. The molecule has 2 N–H and O–H groups in total. The number of aliphatic hydroxyl groups is 1. The summed E-state index contributed by atoms with van der Waals surface area (Å²) in [6.45, 7) is 1.73. The number of aryl methyl sites for hydroxylation is 2. The van der Waals surface area contributed by atoms with Gasteiger partial charge in [0.25, 0.3) is 10.0 Å². The summed E-state index contributed by atoms with van der Waals surface area (Å²) >= 11 is 0. The Kier molecular flexibility index (Phi) is 4.22.